The molecule has 1 aliphatic heterocycles. The fraction of sp³-hybridized carbons (Fsp3) is 0.450. The van der Waals surface area contributed by atoms with Gasteiger partial charge in [-0.1, -0.05) is 25.1 Å². The van der Waals surface area contributed by atoms with Crippen molar-refractivity contribution in [1.82, 2.24) is 10.3 Å². The van der Waals surface area contributed by atoms with Crippen LogP contribution in [0.2, 0.25) is 0 Å². The highest BCUT2D eigenvalue weighted by atomic mass is 32.2. The summed E-state index contributed by atoms with van der Waals surface area (Å²) in [5.74, 6) is -1.16. The van der Waals surface area contributed by atoms with E-state index in [0.717, 1.165) is 11.3 Å². The van der Waals surface area contributed by atoms with Crippen molar-refractivity contribution in [2.45, 2.75) is 39.2 Å². The Bertz CT molecular complexity index is 1050. The van der Waals surface area contributed by atoms with Crippen molar-refractivity contribution in [2.75, 3.05) is 18.1 Å². The number of nitrogens with one attached hydrogen (secondary N) is 1. The number of para-hydroxylation sites is 1. The Morgan fingerprint density at radius 1 is 1.29 bits per heavy atom. The zero-order valence-corrected chi connectivity index (χ0v) is 17.1. The molecule has 0 unspecified atom stereocenters. The Hall–Kier alpha value is -2.48. The van der Waals surface area contributed by atoms with E-state index in [9.17, 15) is 18.0 Å². The van der Waals surface area contributed by atoms with Gasteiger partial charge in [-0.3, -0.25) is 9.78 Å². The Balaban J connectivity index is 1.75. The summed E-state index contributed by atoms with van der Waals surface area (Å²) in [6, 6.07) is 7.30. The van der Waals surface area contributed by atoms with Crippen molar-refractivity contribution >= 4 is 32.6 Å². The molecule has 1 fully saturated rings. The second kappa shape index (κ2) is 7.50. The lowest BCUT2D eigenvalue weighted by atomic mass is 10.0. The molecule has 3 rings (SSSR count). The number of ether oxygens (including phenoxy) is 1. The first kappa shape index (κ1) is 20.3. The molecule has 28 heavy (non-hydrogen) atoms. The summed E-state index contributed by atoms with van der Waals surface area (Å²) in [5, 5.41) is 3.36. The smallest absolute Gasteiger partial charge is 0.339 e. The number of hydrogen-bond donors (Lipinski definition) is 1. The average Bonchev–Trinajstić information content (AvgIpc) is 2.91. The maximum atomic E-state index is 12.7. The average molecular weight is 404 g/mol. The number of aryl methyl sites for hydroxylation is 1. The maximum Gasteiger partial charge on any atom is 0.339 e. The summed E-state index contributed by atoms with van der Waals surface area (Å²) in [6.45, 7) is 5.00. The van der Waals surface area contributed by atoms with Gasteiger partial charge in [0, 0.05) is 11.1 Å². The van der Waals surface area contributed by atoms with Crippen molar-refractivity contribution < 1.29 is 22.7 Å². The predicted octanol–water partition coefficient (Wildman–Crippen LogP) is 1.96. The molecule has 0 saturated carbocycles. The first-order valence-corrected chi connectivity index (χ1v) is 11.0. The monoisotopic (exact) mass is 404 g/mol. The molecule has 1 aromatic carbocycles. The Morgan fingerprint density at radius 3 is 2.64 bits per heavy atom. The van der Waals surface area contributed by atoms with Crippen molar-refractivity contribution in [3.63, 3.8) is 0 Å². The Morgan fingerprint density at radius 2 is 2.00 bits per heavy atom. The minimum absolute atomic E-state index is 0.0472. The van der Waals surface area contributed by atoms with Crippen molar-refractivity contribution in [3.05, 3.63) is 41.1 Å². The molecule has 0 spiro atoms. The lowest BCUT2D eigenvalue weighted by Crippen LogP contribution is -2.48. The van der Waals surface area contributed by atoms with Crippen molar-refractivity contribution in [3.8, 4) is 0 Å². The number of pyridine rings is 1. The number of fused-ring (bicyclic) bond motifs is 1. The molecular formula is C20H24N2O5S. The topological polar surface area (TPSA) is 102 Å². The van der Waals surface area contributed by atoms with E-state index in [1.54, 1.807) is 13.0 Å². The lowest BCUT2D eigenvalue weighted by molar-refractivity contribution is -0.125. The number of hydrogen-bond acceptors (Lipinski definition) is 6. The summed E-state index contributed by atoms with van der Waals surface area (Å²) in [5.41, 5.74) is 1.82. The Labute approximate surface area is 164 Å². The molecule has 1 atom stereocenters. The van der Waals surface area contributed by atoms with E-state index in [1.807, 2.05) is 32.0 Å². The first-order chi connectivity index (χ1) is 13.1. The van der Waals surface area contributed by atoms with E-state index < -0.39 is 33.9 Å². The zero-order chi connectivity index (χ0) is 20.5. The van der Waals surface area contributed by atoms with Gasteiger partial charge in [0.1, 0.15) is 0 Å². The van der Waals surface area contributed by atoms with Gasteiger partial charge in [0.25, 0.3) is 5.91 Å². The molecule has 1 aromatic heterocycles. The predicted molar refractivity (Wildman–Crippen MR) is 106 cm³/mol. The van der Waals surface area contributed by atoms with Gasteiger partial charge in [-0.05, 0) is 38.3 Å². The molecular weight excluding hydrogens is 380 g/mol. The quantitative estimate of drug-likeness (QED) is 0.764. The van der Waals surface area contributed by atoms with Crippen LogP contribution in [0, 0.1) is 6.92 Å². The summed E-state index contributed by atoms with van der Waals surface area (Å²) < 4.78 is 28.6. The fourth-order valence-corrected chi connectivity index (χ4v) is 5.74. The Kier molecular flexibility index (Phi) is 5.43. The fourth-order valence-electron chi connectivity index (χ4n) is 3.65. The molecule has 2 heterocycles. The number of sulfone groups is 1. The standard InChI is InChI=1S/C20H24N2O5S/c1-4-15-13(2)18(14-7-5-6-8-16(14)21-15)19(24)27-11-17(23)22-20(3)9-10-28(25,26)12-20/h5-8H,4,9-12H2,1-3H3,(H,22,23)/t20-/m1/s1. The van der Waals surface area contributed by atoms with Crippen LogP contribution in [-0.4, -0.2) is 48.9 Å². The summed E-state index contributed by atoms with van der Waals surface area (Å²) in [6.07, 6.45) is 1.02. The van der Waals surface area contributed by atoms with Gasteiger partial charge in [-0.15, -0.1) is 0 Å². The second-order valence-electron chi connectivity index (χ2n) is 7.46. The number of rotatable bonds is 5. The summed E-state index contributed by atoms with van der Waals surface area (Å²) in [7, 11) is -3.14. The molecule has 7 nitrogen and oxygen atoms in total. The molecule has 150 valence electrons. The second-order valence-corrected chi connectivity index (χ2v) is 9.64. The third-order valence-electron chi connectivity index (χ3n) is 5.05. The lowest BCUT2D eigenvalue weighted by Gasteiger charge is -2.23. The normalized spacial score (nSPS) is 20.8. The van der Waals surface area contributed by atoms with Crippen molar-refractivity contribution in [2.24, 2.45) is 0 Å². The molecule has 1 saturated heterocycles. The van der Waals surface area contributed by atoms with Crippen LogP contribution >= 0.6 is 0 Å². The van der Waals surface area contributed by atoms with Crippen LogP contribution in [0.25, 0.3) is 10.9 Å². The zero-order valence-electron chi connectivity index (χ0n) is 16.2. The summed E-state index contributed by atoms with van der Waals surface area (Å²) >= 11 is 0. The van der Waals surface area contributed by atoms with E-state index in [-0.39, 0.29) is 11.5 Å². The summed E-state index contributed by atoms with van der Waals surface area (Å²) in [4.78, 5) is 29.6. The van der Waals surface area contributed by atoms with E-state index >= 15 is 0 Å². The van der Waals surface area contributed by atoms with Gasteiger partial charge >= 0.3 is 5.97 Å². The third-order valence-corrected chi connectivity index (χ3v) is 6.96. The van der Waals surface area contributed by atoms with Gasteiger partial charge in [-0.25, -0.2) is 13.2 Å². The van der Waals surface area contributed by atoms with E-state index in [0.29, 0.717) is 29.3 Å². The number of nitrogens with zero attached hydrogens (tertiary/aromatic N) is 1. The highest BCUT2D eigenvalue weighted by Gasteiger charge is 2.39. The molecule has 8 heteroatoms. The molecule has 1 aliphatic rings. The van der Waals surface area contributed by atoms with Gasteiger partial charge in [0.05, 0.1) is 28.1 Å². The van der Waals surface area contributed by atoms with Crippen LogP contribution in [0.1, 0.15) is 41.9 Å². The molecule has 0 radical (unpaired) electrons. The van der Waals surface area contributed by atoms with Gasteiger partial charge < -0.3 is 10.1 Å². The number of carbonyl (C=O) groups excluding carboxylic acids is 2. The van der Waals surface area contributed by atoms with Gasteiger partial charge in [0.2, 0.25) is 0 Å². The van der Waals surface area contributed by atoms with Gasteiger partial charge in [-0.2, -0.15) is 0 Å². The minimum Gasteiger partial charge on any atom is -0.452 e. The van der Waals surface area contributed by atoms with Crippen LogP contribution in [-0.2, 0) is 25.8 Å². The maximum absolute atomic E-state index is 12.7. The van der Waals surface area contributed by atoms with Crippen LogP contribution in [0.3, 0.4) is 0 Å². The highest BCUT2D eigenvalue weighted by Crippen LogP contribution is 2.25. The van der Waals surface area contributed by atoms with Gasteiger partial charge in [0.15, 0.2) is 16.4 Å². The van der Waals surface area contributed by atoms with E-state index in [1.165, 1.54) is 0 Å². The number of benzene rings is 1. The molecule has 1 N–H and O–H groups in total. The number of amides is 1. The first-order valence-electron chi connectivity index (χ1n) is 9.21. The molecule has 2 aromatic rings. The number of aromatic nitrogens is 1. The van der Waals surface area contributed by atoms with Crippen LogP contribution in [0.4, 0.5) is 0 Å². The minimum atomic E-state index is -3.14. The highest BCUT2D eigenvalue weighted by molar-refractivity contribution is 7.91. The SMILES string of the molecule is CCc1nc2ccccc2c(C(=O)OCC(=O)N[C@]2(C)CCS(=O)(=O)C2)c1C. The van der Waals surface area contributed by atoms with Crippen molar-refractivity contribution in [1.29, 1.82) is 0 Å². The molecule has 1 amide bonds. The van der Waals surface area contributed by atoms with E-state index in [4.69, 9.17) is 4.74 Å². The largest absolute Gasteiger partial charge is 0.452 e. The number of carbonyl (C=O) groups is 2. The van der Waals surface area contributed by atoms with Crippen LogP contribution in [0.15, 0.2) is 24.3 Å². The van der Waals surface area contributed by atoms with E-state index in [2.05, 4.69) is 10.3 Å². The van der Waals surface area contributed by atoms with Crippen LogP contribution in [0.5, 0.6) is 0 Å². The van der Waals surface area contributed by atoms with Crippen LogP contribution < -0.4 is 5.32 Å². The third kappa shape index (κ3) is 4.16. The molecule has 0 bridgehead atoms. The molecule has 0 aliphatic carbocycles. The number of esters is 1.